The van der Waals surface area contributed by atoms with Crippen molar-refractivity contribution in [2.75, 3.05) is 14.2 Å². The van der Waals surface area contributed by atoms with Crippen molar-refractivity contribution in [3.63, 3.8) is 0 Å². The van der Waals surface area contributed by atoms with E-state index in [1.54, 1.807) is 37.4 Å². The van der Waals surface area contributed by atoms with Crippen LogP contribution in [0.2, 0.25) is 0 Å². The molecular formula is C23H19N5O2. The molecule has 0 N–H and O–H groups in total. The Balaban J connectivity index is 1.83. The second-order valence-corrected chi connectivity index (χ2v) is 6.65. The number of hydrogen-bond acceptors (Lipinski definition) is 6. The number of pyridine rings is 2. The maximum absolute atomic E-state index is 9.38. The monoisotopic (exact) mass is 397 g/mol. The van der Waals surface area contributed by atoms with E-state index >= 15 is 0 Å². The van der Waals surface area contributed by atoms with E-state index in [-0.39, 0.29) is 0 Å². The maximum Gasteiger partial charge on any atom is 0.123 e. The summed E-state index contributed by atoms with van der Waals surface area (Å²) in [5.74, 6) is 1.27. The smallest absolute Gasteiger partial charge is 0.123 e. The highest BCUT2D eigenvalue weighted by atomic mass is 16.5. The molecule has 0 bridgehead atoms. The van der Waals surface area contributed by atoms with E-state index in [9.17, 15) is 5.26 Å². The van der Waals surface area contributed by atoms with Gasteiger partial charge in [-0.2, -0.15) is 10.4 Å². The molecule has 0 radical (unpaired) electrons. The van der Waals surface area contributed by atoms with Gasteiger partial charge in [-0.25, -0.2) is 4.98 Å². The molecule has 30 heavy (non-hydrogen) atoms. The lowest BCUT2D eigenvalue weighted by atomic mass is 10.0. The van der Waals surface area contributed by atoms with Crippen LogP contribution in [0.1, 0.15) is 11.3 Å². The van der Waals surface area contributed by atoms with Gasteiger partial charge in [0, 0.05) is 48.3 Å². The zero-order chi connectivity index (χ0) is 21.1. The average molecular weight is 397 g/mol. The summed E-state index contributed by atoms with van der Waals surface area (Å²) in [6.07, 6.45) is 6.99. The molecule has 1 aromatic carbocycles. The van der Waals surface area contributed by atoms with Crippen molar-refractivity contribution in [1.29, 1.82) is 5.26 Å². The fourth-order valence-electron chi connectivity index (χ4n) is 3.22. The molecule has 0 aliphatic rings. The third-order valence-corrected chi connectivity index (χ3v) is 4.72. The van der Waals surface area contributed by atoms with Crippen LogP contribution in [0.3, 0.4) is 0 Å². The van der Waals surface area contributed by atoms with Crippen molar-refractivity contribution in [2.45, 2.75) is 0 Å². The molecule has 7 nitrogen and oxygen atoms in total. The first-order valence-electron chi connectivity index (χ1n) is 9.20. The van der Waals surface area contributed by atoms with Crippen LogP contribution in [-0.2, 0) is 7.05 Å². The Morgan fingerprint density at radius 2 is 1.77 bits per heavy atom. The van der Waals surface area contributed by atoms with E-state index < -0.39 is 0 Å². The van der Waals surface area contributed by atoms with Gasteiger partial charge >= 0.3 is 0 Å². The van der Waals surface area contributed by atoms with Gasteiger partial charge in [0.15, 0.2) is 0 Å². The SMILES string of the molecule is COc1cc(OC)cc(C(=CC#N)c2ccc3ncc(-c4cnn(C)c4)cc3n2)c1. The molecule has 4 rings (SSSR count). The van der Waals surface area contributed by atoms with Crippen molar-refractivity contribution in [3.8, 4) is 28.7 Å². The highest BCUT2D eigenvalue weighted by Crippen LogP contribution is 2.31. The summed E-state index contributed by atoms with van der Waals surface area (Å²) in [4.78, 5) is 9.30. The number of rotatable bonds is 5. The highest BCUT2D eigenvalue weighted by Gasteiger charge is 2.12. The minimum atomic E-state index is 0.634. The van der Waals surface area contributed by atoms with Gasteiger partial charge in [0.2, 0.25) is 0 Å². The standard InChI is InChI=1S/C23H19N5O2/c1-28-14-17(13-26-28)16-10-23-22(25-12-16)5-4-21(27-23)20(6-7-24)15-8-18(29-2)11-19(9-15)30-3/h4-6,8-14H,1-3H3. The van der Waals surface area contributed by atoms with Crippen LogP contribution in [0.25, 0.3) is 27.7 Å². The molecule has 148 valence electrons. The van der Waals surface area contributed by atoms with Crippen molar-refractivity contribution in [2.24, 2.45) is 7.05 Å². The van der Waals surface area contributed by atoms with Gasteiger partial charge in [-0.05, 0) is 35.9 Å². The maximum atomic E-state index is 9.38. The van der Waals surface area contributed by atoms with Crippen LogP contribution in [0.5, 0.6) is 11.5 Å². The number of nitrogens with zero attached hydrogens (tertiary/aromatic N) is 5. The van der Waals surface area contributed by atoms with Gasteiger partial charge in [0.25, 0.3) is 0 Å². The normalized spacial score (nSPS) is 11.3. The first-order valence-corrected chi connectivity index (χ1v) is 9.20. The predicted octanol–water partition coefficient (Wildman–Crippen LogP) is 4.00. The van der Waals surface area contributed by atoms with E-state index in [2.05, 4.69) is 16.2 Å². The first-order chi connectivity index (χ1) is 14.6. The fourth-order valence-corrected chi connectivity index (χ4v) is 3.22. The summed E-state index contributed by atoms with van der Waals surface area (Å²) < 4.78 is 12.5. The molecule has 0 unspecified atom stereocenters. The third-order valence-electron chi connectivity index (χ3n) is 4.72. The zero-order valence-corrected chi connectivity index (χ0v) is 16.8. The molecule has 4 aromatic rings. The van der Waals surface area contributed by atoms with E-state index in [0.29, 0.717) is 22.8 Å². The lowest BCUT2D eigenvalue weighted by molar-refractivity contribution is 0.394. The third kappa shape index (κ3) is 3.71. The quantitative estimate of drug-likeness (QED) is 0.473. The van der Waals surface area contributed by atoms with E-state index in [1.165, 1.54) is 6.08 Å². The second-order valence-electron chi connectivity index (χ2n) is 6.65. The Hall–Kier alpha value is -4.18. The number of allylic oxidation sites excluding steroid dienone is 1. The molecular weight excluding hydrogens is 378 g/mol. The average Bonchev–Trinajstić information content (AvgIpc) is 3.22. The Morgan fingerprint density at radius 3 is 2.40 bits per heavy atom. The Kier molecular flexibility index (Phi) is 5.14. The van der Waals surface area contributed by atoms with E-state index in [4.69, 9.17) is 14.5 Å². The summed E-state index contributed by atoms with van der Waals surface area (Å²) in [7, 11) is 5.05. The minimum Gasteiger partial charge on any atom is -0.497 e. The van der Waals surface area contributed by atoms with Gasteiger partial charge < -0.3 is 9.47 Å². The van der Waals surface area contributed by atoms with E-state index in [1.807, 2.05) is 43.6 Å². The number of nitriles is 1. The molecule has 0 aliphatic carbocycles. The van der Waals surface area contributed by atoms with Gasteiger partial charge in [-0.1, -0.05) is 0 Å². The largest absolute Gasteiger partial charge is 0.497 e. The van der Waals surface area contributed by atoms with Crippen LogP contribution in [0, 0.1) is 11.3 Å². The Bertz CT molecular complexity index is 1280. The molecule has 3 heterocycles. The number of methoxy groups -OCH3 is 2. The Labute approximate surface area is 173 Å². The summed E-state index contributed by atoms with van der Waals surface area (Å²) in [6.45, 7) is 0. The lowest BCUT2D eigenvalue weighted by Gasteiger charge is -2.11. The van der Waals surface area contributed by atoms with Crippen molar-refractivity contribution in [3.05, 3.63) is 72.3 Å². The lowest BCUT2D eigenvalue weighted by Crippen LogP contribution is -1.96. The molecule has 0 atom stereocenters. The van der Waals surface area contributed by atoms with Gasteiger partial charge in [-0.3, -0.25) is 9.67 Å². The highest BCUT2D eigenvalue weighted by molar-refractivity contribution is 5.86. The topological polar surface area (TPSA) is 85.9 Å². The molecule has 0 amide bonds. The predicted molar refractivity (Wildman–Crippen MR) is 114 cm³/mol. The minimum absolute atomic E-state index is 0.634. The van der Waals surface area contributed by atoms with Crippen molar-refractivity contribution >= 4 is 16.6 Å². The molecule has 0 spiro atoms. The molecule has 7 heteroatoms. The summed E-state index contributed by atoms with van der Waals surface area (Å²) >= 11 is 0. The first kappa shape index (κ1) is 19.2. The van der Waals surface area contributed by atoms with Crippen molar-refractivity contribution < 1.29 is 9.47 Å². The number of aromatic nitrogens is 4. The van der Waals surface area contributed by atoms with Gasteiger partial charge in [-0.15, -0.1) is 0 Å². The van der Waals surface area contributed by atoms with Crippen LogP contribution >= 0.6 is 0 Å². The Morgan fingerprint density at radius 1 is 1.00 bits per heavy atom. The van der Waals surface area contributed by atoms with Gasteiger partial charge in [0.05, 0.1) is 43.2 Å². The molecule has 0 fully saturated rings. The van der Waals surface area contributed by atoms with Crippen molar-refractivity contribution in [1.82, 2.24) is 19.7 Å². The van der Waals surface area contributed by atoms with Crippen LogP contribution in [0.4, 0.5) is 0 Å². The molecule has 0 saturated heterocycles. The van der Waals surface area contributed by atoms with Crippen LogP contribution < -0.4 is 9.47 Å². The molecule has 0 aliphatic heterocycles. The van der Waals surface area contributed by atoms with E-state index in [0.717, 1.165) is 27.7 Å². The van der Waals surface area contributed by atoms with Crippen LogP contribution in [0.15, 0.2) is 61.1 Å². The molecule has 0 saturated carbocycles. The van der Waals surface area contributed by atoms with Crippen LogP contribution in [-0.4, -0.2) is 34.0 Å². The zero-order valence-electron chi connectivity index (χ0n) is 16.8. The number of ether oxygens (including phenoxy) is 2. The molecule has 3 aromatic heterocycles. The van der Waals surface area contributed by atoms with Gasteiger partial charge in [0.1, 0.15) is 11.5 Å². The second kappa shape index (κ2) is 8.05. The number of benzene rings is 1. The fraction of sp³-hybridized carbons (Fsp3) is 0.130. The number of fused-ring (bicyclic) bond motifs is 1. The summed E-state index contributed by atoms with van der Waals surface area (Å²) in [5.41, 5.74) is 5.49. The summed E-state index contributed by atoms with van der Waals surface area (Å²) in [6, 6.07) is 13.3. The number of aryl methyl sites for hydroxylation is 1. The number of hydrogen-bond donors (Lipinski definition) is 0. The summed E-state index contributed by atoms with van der Waals surface area (Å²) in [5, 5.41) is 13.6.